The molecule has 0 bridgehead atoms. The molecule has 0 N–H and O–H groups in total. The molecule has 0 amide bonds. The zero-order chi connectivity index (χ0) is 6.85. The molecular weight excluding hydrogens is 108 g/mol. The van der Waals surface area contributed by atoms with Crippen LogP contribution in [-0.4, -0.2) is 0 Å². The summed E-state index contributed by atoms with van der Waals surface area (Å²) in [5.74, 6) is 2.63. The number of hydrogen-bond donors (Lipinski definition) is 0. The average Bonchev–Trinajstić information content (AvgIpc) is 2.42. The minimum absolute atomic E-state index is 0.734. The van der Waals surface area contributed by atoms with Crippen LogP contribution in [0.1, 0.15) is 27.2 Å². The molecule has 1 aliphatic carbocycles. The van der Waals surface area contributed by atoms with Crippen molar-refractivity contribution in [1.29, 1.82) is 0 Å². The van der Waals surface area contributed by atoms with Crippen molar-refractivity contribution in [3.8, 4) is 0 Å². The van der Waals surface area contributed by atoms with E-state index in [9.17, 15) is 0 Å². The molecule has 0 aromatic rings. The summed E-state index contributed by atoms with van der Waals surface area (Å²) in [6.07, 6.45) is 6.10. The van der Waals surface area contributed by atoms with E-state index in [1.807, 2.05) is 0 Å². The number of rotatable bonds is 2. The molecule has 0 saturated heterocycles. The Morgan fingerprint density at radius 1 is 1.44 bits per heavy atom. The van der Waals surface area contributed by atoms with Gasteiger partial charge in [0.25, 0.3) is 0 Å². The van der Waals surface area contributed by atoms with Crippen molar-refractivity contribution in [3.05, 3.63) is 12.2 Å². The van der Waals surface area contributed by atoms with Gasteiger partial charge >= 0.3 is 0 Å². The summed E-state index contributed by atoms with van der Waals surface area (Å²) in [5, 5.41) is 0. The van der Waals surface area contributed by atoms with Gasteiger partial charge in [0.1, 0.15) is 0 Å². The Morgan fingerprint density at radius 3 is 2.33 bits per heavy atom. The molecule has 9 heavy (non-hydrogen) atoms. The molecule has 0 aliphatic heterocycles. The molecule has 1 fully saturated rings. The first kappa shape index (κ1) is 6.85. The lowest BCUT2D eigenvalue weighted by Crippen LogP contribution is -1.78. The Labute approximate surface area is 58.0 Å². The van der Waals surface area contributed by atoms with Crippen molar-refractivity contribution in [2.24, 2.45) is 17.8 Å². The number of allylic oxidation sites excluding steroid dienone is 2. The Bertz CT molecular complexity index is 111. The van der Waals surface area contributed by atoms with Crippen LogP contribution >= 0.6 is 0 Å². The molecule has 2 unspecified atom stereocenters. The van der Waals surface area contributed by atoms with Crippen LogP contribution in [0.4, 0.5) is 0 Å². The van der Waals surface area contributed by atoms with Gasteiger partial charge < -0.3 is 0 Å². The van der Waals surface area contributed by atoms with E-state index >= 15 is 0 Å². The first-order chi connectivity index (χ1) is 4.20. The van der Waals surface area contributed by atoms with Gasteiger partial charge in [-0.2, -0.15) is 0 Å². The SMILES string of the molecule is CC(C)/C=C/C1CC1C. The lowest BCUT2D eigenvalue weighted by molar-refractivity contribution is 0.812. The largest absolute Gasteiger partial charge is 0.0857 e. The smallest absolute Gasteiger partial charge is 0.0205 e. The van der Waals surface area contributed by atoms with Gasteiger partial charge in [0.15, 0.2) is 0 Å². The molecule has 0 radical (unpaired) electrons. The Balaban J connectivity index is 2.18. The Hall–Kier alpha value is -0.260. The Kier molecular flexibility index (Phi) is 1.94. The third-order valence-corrected chi connectivity index (χ3v) is 1.91. The monoisotopic (exact) mass is 124 g/mol. The summed E-state index contributed by atoms with van der Waals surface area (Å²) in [6.45, 7) is 6.77. The van der Waals surface area contributed by atoms with Crippen molar-refractivity contribution >= 4 is 0 Å². The molecule has 1 rings (SSSR count). The third-order valence-electron chi connectivity index (χ3n) is 1.91. The van der Waals surface area contributed by atoms with Crippen LogP contribution in [-0.2, 0) is 0 Å². The van der Waals surface area contributed by atoms with Crippen molar-refractivity contribution in [3.63, 3.8) is 0 Å². The molecule has 2 atom stereocenters. The highest BCUT2D eigenvalue weighted by Gasteiger charge is 2.29. The van der Waals surface area contributed by atoms with Crippen molar-refractivity contribution in [1.82, 2.24) is 0 Å². The highest BCUT2D eigenvalue weighted by atomic mass is 14.3. The maximum absolute atomic E-state index is 2.37. The van der Waals surface area contributed by atoms with E-state index in [2.05, 4.69) is 32.9 Å². The molecule has 0 aromatic heterocycles. The first-order valence-electron chi connectivity index (χ1n) is 3.88. The third kappa shape index (κ3) is 2.21. The van der Waals surface area contributed by atoms with Gasteiger partial charge in [-0.3, -0.25) is 0 Å². The average molecular weight is 124 g/mol. The molecule has 0 aromatic carbocycles. The van der Waals surface area contributed by atoms with E-state index in [1.54, 1.807) is 0 Å². The summed E-state index contributed by atoms with van der Waals surface area (Å²) in [6, 6.07) is 0. The summed E-state index contributed by atoms with van der Waals surface area (Å²) in [7, 11) is 0. The highest BCUT2D eigenvalue weighted by Crippen LogP contribution is 2.38. The van der Waals surface area contributed by atoms with Crippen LogP contribution in [0.2, 0.25) is 0 Å². The second kappa shape index (κ2) is 2.55. The van der Waals surface area contributed by atoms with Crippen LogP contribution in [0.5, 0.6) is 0 Å². The normalized spacial score (nSPS) is 34.2. The number of hydrogen-bond acceptors (Lipinski definition) is 0. The summed E-state index contributed by atoms with van der Waals surface area (Å²) >= 11 is 0. The predicted molar refractivity (Wildman–Crippen MR) is 41.2 cm³/mol. The fourth-order valence-corrected chi connectivity index (χ4v) is 0.984. The molecular formula is C9H16. The van der Waals surface area contributed by atoms with Gasteiger partial charge in [0.2, 0.25) is 0 Å². The van der Waals surface area contributed by atoms with E-state index in [4.69, 9.17) is 0 Å². The molecule has 1 aliphatic rings. The van der Waals surface area contributed by atoms with Gasteiger partial charge in [-0.15, -0.1) is 0 Å². The minimum Gasteiger partial charge on any atom is -0.0857 e. The molecule has 52 valence electrons. The van der Waals surface area contributed by atoms with Gasteiger partial charge in [-0.1, -0.05) is 32.9 Å². The van der Waals surface area contributed by atoms with Crippen LogP contribution in [0, 0.1) is 17.8 Å². The second-order valence-electron chi connectivity index (χ2n) is 3.51. The first-order valence-corrected chi connectivity index (χ1v) is 3.88. The van der Waals surface area contributed by atoms with Crippen molar-refractivity contribution in [2.75, 3.05) is 0 Å². The summed E-state index contributed by atoms with van der Waals surface area (Å²) < 4.78 is 0. The molecule has 0 heteroatoms. The molecule has 0 heterocycles. The van der Waals surface area contributed by atoms with Gasteiger partial charge in [-0.05, 0) is 24.2 Å². The maximum Gasteiger partial charge on any atom is -0.0205 e. The van der Waals surface area contributed by atoms with Gasteiger partial charge in [-0.25, -0.2) is 0 Å². The second-order valence-corrected chi connectivity index (χ2v) is 3.51. The zero-order valence-corrected chi connectivity index (χ0v) is 6.59. The highest BCUT2D eigenvalue weighted by molar-refractivity contribution is 5.00. The van der Waals surface area contributed by atoms with E-state index in [-0.39, 0.29) is 0 Å². The van der Waals surface area contributed by atoms with E-state index in [1.165, 1.54) is 6.42 Å². The van der Waals surface area contributed by atoms with E-state index in [0.717, 1.165) is 17.8 Å². The van der Waals surface area contributed by atoms with Crippen LogP contribution in [0.25, 0.3) is 0 Å². The molecule has 0 nitrogen and oxygen atoms in total. The van der Waals surface area contributed by atoms with E-state index < -0.39 is 0 Å². The predicted octanol–water partition coefficient (Wildman–Crippen LogP) is 2.85. The van der Waals surface area contributed by atoms with Crippen LogP contribution in [0.3, 0.4) is 0 Å². The fourth-order valence-electron chi connectivity index (χ4n) is 0.984. The topological polar surface area (TPSA) is 0 Å². The van der Waals surface area contributed by atoms with Crippen molar-refractivity contribution in [2.45, 2.75) is 27.2 Å². The summed E-state index contributed by atoms with van der Waals surface area (Å²) in [4.78, 5) is 0. The Morgan fingerprint density at radius 2 is 2.00 bits per heavy atom. The lowest BCUT2D eigenvalue weighted by atomic mass is 10.2. The van der Waals surface area contributed by atoms with Gasteiger partial charge in [0, 0.05) is 0 Å². The van der Waals surface area contributed by atoms with Crippen molar-refractivity contribution < 1.29 is 0 Å². The molecule has 0 spiro atoms. The van der Waals surface area contributed by atoms with Crippen LogP contribution < -0.4 is 0 Å². The zero-order valence-electron chi connectivity index (χ0n) is 6.59. The van der Waals surface area contributed by atoms with Crippen LogP contribution in [0.15, 0.2) is 12.2 Å². The summed E-state index contributed by atoms with van der Waals surface area (Å²) in [5.41, 5.74) is 0. The minimum atomic E-state index is 0.734. The maximum atomic E-state index is 2.37. The standard InChI is InChI=1S/C9H16/c1-7(2)4-5-9-6-8(9)3/h4-5,7-9H,6H2,1-3H3/b5-4+. The fraction of sp³-hybridized carbons (Fsp3) is 0.778. The van der Waals surface area contributed by atoms with E-state index in [0.29, 0.717) is 0 Å². The van der Waals surface area contributed by atoms with Gasteiger partial charge in [0.05, 0.1) is 0 Å². The molecule has 1 saturated carbocycles. The lowest BCUT2D eigenvalue weighted by Gasteiger charge is -1.90. The quantitative estimate of drug-likeness (QED) is 0.496.